The predicted molar refractivity (Wildman–Crippen MR) is 108 cm³/mol. The van der Waals surface area contributed by atoms with Gasteiger partial charge in [-0.1, -0.05) is 38.1 Å². The van der Waals surface area contributed by atoms with E-state index in [1.54, 1.807) is 18.2 Å². The Balaban J connectivity index is 2.02. The molecule has 1 unspecified atom stereocenters. The van der Waals surface area contributed by atoms with Crippen LogP contribution < -0.4 is 16.4 Å². The van der Waals surface area contributed by atoms with Crippen LogP contribution in [0.2, 0.25) is 0 Å². The van der Waals surface area contributed by atoms with Crippen LogP contribution in [0, 0.1) is 5.41 Å². The number of nitrogens with zero attached hydrogens (tertiary/aromatic N) is 2. The summed E-state index contributed by atoms with van der Waals surface area (Å²) in [4.78, 5) is 10.0. The minimum Gasteiger partial charge on any atom is -0.507 e. The number of hydrogen-bond acceptors (Lipinski definition) is 6. The van der Waals surface area contributed by atoms with E-state index in [1.807, 2.05) is 26.0 Å². The van der Waals surface area contributed by atoms with Crippen molar-refractivity contribution in [1.29, 1.82) is 0 Å². The molecule has 1 spiro atoms. The number of benzene rings is 3. The number of rotatable bonds is 0. The molecule has 0 aliphatic carbocycles. The van der Waals surface area contributed by atoms with Crippen LogP contribution in [0.1, 0.15) is 27.7 Å². The molecule has 1 atom stereocenters. The van der Waals surface area contributed by atoms with E-state index in [1.165, 1.54) is 0 Å². The van der Waals surface area contributed by atoms with Crippen LogP contribution >= 0.6 is 0 Å². The van der Waals surface area contributed by atoms with Crippen molar-refractivity contribution in [2.24, 2.45) is 15.4 Å². The molecule has 3 aromatic rings. The minimum absolute atomic E-state index is 0.0426. The van der Waals surface area contributed by atoms with Gasteiger partial charge < -0.3 is 20.7 Å². The van der Waals surface area contributed by atoms with E-state index in [2.05, 4.69) is 13.8 Å². The number of phenols is 2. The summed E-state index contributed by atoms with van der Waals surface area (Å²) in [5, 5.41) is 25.1. The summed E-state index contributed by atoms with van der Waals surface area (Å²) in [5.41, 5.74) is 4.87. The lowest BCUT2D eigenvalue weighted by molar-refractivity contribution is 0.00279. The molecular weight excluding hydrogens is 354 g/mol. The van der Waals surface area contributed by atoms with Gasteiger partial charge in [0.15, 0.2) is 5.66 Å². The fourth-order valence-electron chi connectivity index (χ4n) is 4.84. The summed E-state index contributed by atoms with van der Waals surface area (Å²) in [6.45, 7) is 8.66. The lowest BCUT2D eigenvalue weighted by Gasteiger charge is -2.38. The highest BCUT2D eigenvalue weighted by Gasteiger charge is 2.63. The Morgan fingerprint density at radius 3 is 2.14 bits per heavy atom. The zero-order valence-electron chi connectivity index (χ0n) is 16.4. The number of ether oxygens (including phenoxy) is 1. The van der Waals surface area contributed by atoms with Crippen molar-refractivity contribution in [2.45, 2.75) is 39.0 Å². The average Bonchev–Trinajstić information content (AvgIpc) is 3.12. The molecule has 1 saturated heterocycles. The van der Waals surface area contributed by atoms with Crippen molar-refractivity contribution < 1.29 is 14.9 Å². The number of nitrogen functional groups attached to an aromatic ring is 1. The first-order valence-corrected chi connectivity index (χ1v) is 9.38. The first-order chi connectivity index (χ1) is 13.1. The van der Waals surface area contributed by atoms with E-state index in [0.29, 0.717) is 44.6 Å². The fourth-order valence-corrected chi connectivity index (χ4v) is 4.84. The van der Waals surface area contributed by atoms with E-state index < -0.39 is 11.3 Å². The first kappa shape index (κ1) is 17.3. The topological polar surface area (TPSA) is 100 Å². The Hall–Kier alpha value is -2.86. The Kier molecular flexibility index (Phi) is 3.05. The summed E-state index contributed by atoms with van der Waals surface area (Å²) < 4.78 is 6.06. The third-order valence-corrected chi connectivity index (χ3v) is 6.35. The zero-order valence-corrected chi connectivity index (χ0v) is 16.4. The Morgan fingerprint density at radius 2 is 1.57 bits per heavy atom. The van der Waals surface area contributed by atoms with E-state index in [-0.39, 0.29) is 16.9 Å². The van der Waals surface area contributed by atoms with Crippen molar-refractivity contribution in [3.8, 4) is 11.5 Å². The molecule has 0 amide bonds. The van der Waals surface area contributed by atoms with Gasteiger partial charge in [-0.05, 0) is 19.9 Å². The molecule has 6 nitrogen and oxygen atoms in total. The number of phenolic OH excluding ortho intramolecular Hbond substituents is 2. The zero-order chi connectivity index (χ0) is 20.1. The van der Waals surface area contributed by atoms with Gasteiger partial charge in [0.05, 0.1) is 28.1 Å². The van der Waals surface area contributed by atoms with Crippen LogP contribution in [0.25, 0.3) is 21.5 Å². The molecule has 3 aromatic carbocycles. The summed E-state index contributed by atoms with van der Waals surface area (Å²) in [6, 6.07) is 8.89. The molecule has 144 valence electrons. The molecule has 6 heteroatoms. The van der Waals surface area contributed by atoms with Gasteiger partial charge in [0.25, 0.3) is 0 Å². The second-order valence-electron chi connectivity index (χ2n) is 8.91. The van der Waals surface area contributed by atoms with E-state index in [9.17, 15) is 10.2 Å². The summed E-state index contributed by atoms with van der Waals surface area (Å²) >= 11 is 0. The minimum atomic E-state index is -0.837. The highest BCUT2D eigenvalue weighted by atomic mass is 16.5. The van der Waals surface area contributed by atoms with Gasteiger partial charge >= 0.3 is 0 Å². The van der Waals surface area contributed by atoms with Crippen LogP contribution in [-0.4, -0.2) is 28.1 Å². The van der Waals surface area contributed by atoms with Gasteiger partial charge in [0.1, 0.15) is 17.1 Å². The Labute approximate surface area is 162 Å². The van der Waals surface area contributed by atoms with Crippen LogP contribution in [0.15, 0.2) is 40.3 Å². The second-order valence-corrected chi connectivity index (χ2v) is 8.91. The summed E-state index contributed by atoms with van der Waals surface area (Å²) in [7, 11) is 0. The predicted octanol–water partition coefficient (Wildman–Crippen LogP) is 2.77. The Bertz CT molecular complexity index is 1290. The molecule has 0 saturated carbocycles. The van der Waals surface area contributed by atoms with Gasteiger partial charge in [-0.2, -0.15) is 0 Å². The largest absolute Gasteiger partial charge is 0.507 e. The molecule has 0 radical (unpaired) electrons. The first-order valence-electron chi connectivity index (χ1n) is 9.38. The van der Waals surface area contributed by atoms with Gasteiger partial charge in [-0.25, -0.2) is 9.98 Å². The standard InChI is InChI=1S/C22H23N3O3/c1-20(2)10-28-21(3,4)22(20)24-14-9-13(23)15-16(17(14)25-22)19(27)12-8-6-5-7-11(12)18(15)26/h5-9,26-27H,10,23H2,1-4H3. The lowest BCUT2D eigenvalue weighted by atomic mass is 9.74. The molecule has 0 bridgehead atoms. The molecule has 5 rings (SSSR count). The fraction of sp³-hybridized carbons (Fsp3) is 0.364. The van der Waals surface area contributed by atoms with Crippen LogP contribution in [0.4, 0.5) is 5.69 Å². The van der Waals surface area contributed by atoms with Crippen molar-refractivity contribution in [3.63, 3.8) is 0 Å². The van der Waals surface area contributed by atoms with Crippen molar-refractivity contribution in [1.82, 2.24) is 0 Å². The van der Waals surface area contributed by atoms with E-state index in [0.717, 1.165) is 0 Å². The maximum absolute atomic E-state index is 11.1. The summed E-state index contributed by atoms with van der Waals surface area (Å²) in [5.74, 6) is 0.0959. The maximum Gasteiger partial charge on any atom is 0.186 e. The quantitative estimate of drug-likeness (QED) is 0.319. The molecule has 2 aliphatic rings. The lowest BCUT2D eigenvalue weighted by Crippen LogP contribution is -2.50. The van der Waals surface area contributed by atoms with Crippen molar-refractivity contribution >= 4 is 27.2 Å². The number of nitrogens with two attached hydrogens (primary N) is 1. The molecule has 2 heterocycles. The van der Waals surface area contributed by atoms with Crippen LogP contribution in [0.3, 0.4) is 0 Å². The highest BCUT2D eigenvalue weighted by Crippen LogP contribution is 2.52. The molecule has 2 aliphatic heterocycles. The van der Waals surface area contributed by atoms with Crippen LogP contribution in [-0.2, 0) is 4.74 Å². The monoisotopic (exact) mass is 377 g/mol. The highest BCUT2D eigenvalue weighted by molar-refractivity contribution is 6.14. The van der Waals surface area contributed by atoms with Gasteiger partial charge in [0, 0.05) is 21.9 Å². The third kappa shape index (κ3) is 1.81. The average molecular weight is 377 g/mol. The van der Waals surface area contributed by atoms with Crippen molar-refractivity contribution in [2.75, 3.05) is 12.3 Å². The van der Waals surface area contributed by atoms with Gasteiger partial charge in [-0.15, -0.1) is 0 Å². The van der Waals surface area contributed by atoms with Gasteiger partial charge in [0.2, 0.25) is 0 Å². The Morgan fingerprint density at radius 1 is 0.964 bits per heavy atom. The maximum atomic E-state index is 11.1. The van der Waals surface area contributed by atoms with Gasteiger partial charge in [-0.3, -0.25) is 0 Å². The molecular formula is C22H23N3O3. The summed E-state index contributed by atoms with van der Waals surface area (Å²) in [6.07, 6.45) is 0. The normalized spacial score (nSPS) is 24.4. The number of anilines is 1. The second kappa shape index (κ2) is 4.94. The number of aromatic hydroxyl groups is 2. The molecule has 4 N–H and O–H groups in total. The smallest absolute Gasteiger partial charge is 0.186 e. The molecule has 0 aromatic heterocycles. The molecule has 1 fully saturated rings. The van der Waals surface area contributed by atoms with E-state index in [4.69, 9.17) is 20.5 Å². The van der Waals surface area contributed by atoms with E-state index >= 15 is 0 Å². The number of hydrogen-bond donors (Lipinski definition) is 3. The SMILES string of the molecule is CC1(C)COC(C)(C)C12N=c1cc(N)c3c(O)c4ccccc4c(O)c3c1=N2. The van der Waals surface area contributed by atoms with Crippen LogP contribution in [0.5, 0.6) is 11.5 Å². The third-order valence-electron chi connectivity index (χ3n) is 6.35. The molecule has 28 heavy (non-hydrogen) atoms. The number of fused-ring (bicyclic) bond motifs is 4. The van der Waals surface area contributed by atoms with Crippen molar-refractivity contribution in [3.05, 3.63) is 41.0 Å².